The molecular formula is C13H15BrF3NO. The van der Waals surface area contributed by atoms with Crippen LogP contribution in [0.5, 0.6) is 0 Å². The van der Waals surface area contributed by atoms with E-state index < -0.39 is 11.7 Å². The minimum absolute atomic E-state index is 0.0224. The van der Waals surface area contributed by atoms with Crippen LogP contribution in [0.25, 0.3) is 0 Å². The Hall–Kier alpha value is -1.04. The molecule has 0 aliphatic heterocycles. The van der Waals surface area contributed by atoms with E-state index in [2.05, 4.69) is 21.2 Å². The average molecular weight is 338 g/mol. The molecule has 0 fully saturated rings. The Morgan fingerprint density at radius 2 is 1.89 bits per heavy atom. The highest BCUT2D eigenvalue weighted by Crippen LogP contribution is 2.29. The fraction of sp³-hybridized carbons (Fsp3) is 0.462. The number of carbonyl (C=O) groups is 1. The minimum atomic E-state index is -4.38. The zero-order valence-electron chi connectivity index (χ0n) is 10.4. The third kappa shape index (κ3) is 4.86. The fourth-order valence-corrected chi connectivity index (χ4v) is 2.14. The van der Waals surface area contributed by atoms with E-state index in [9.17, 15) is 18.0 Å². The number of nitrogens with one attached hydrogen (secondary N) is 1. The van der Waals surface area contributed by atoms with Crippen LogP contribution in [0.2, 0.25) is 0 Å². The van der Waals surface area contributed by atoms with Gasteiger partial charge in [-0.2, -0.15) is 13.2 Å². The van der Waals surface area contributed by atoms with E-state index in [1.54, 1.807) is 0 Å². The molecule has 1 rings (SSSR count). The van der Waals surface area contributed by atoms with Crippen molar-refractivity contribution in [3.63, 3.8) is 0 Å². The highest BCUT2D eigenvalue weighted by atomic mass is 79.9. The molecule has 2 nitrogen and oxygen atoms in total. The van der Waals surface area contributed by atoms with E-state index in [-0.39, 0.29) is 17.5 Å². The molecule has 6 heteroatoms. The number of amides is 1. The number of rotatable bonds is 5. The maximum Gasteiger partial charge on any atom is 0.416 e. The molecule has 1 aromatic carbocycles. The van der Waals surface area contributed by atoms with Crippen molar-refractivity contribution in [1.82, 2.24) is 5.32 Å². The summed E-state index contributed by atoms with van der Waals surface area (Å²) in [5.41, 5.74) is -0.516. The molecule has 0 saturated heterocycles. The summed E-state index contributed by atoms with van der Waals surface area (Å²) in [7, 11) is 0. The van der Waals surface area contributed by atoms with E-state index in [0.717, 1.165) is 30.3 Å². The van der Waals surface area contributed by atoms with Crippen LogP contribution in [0.1, 0.15) is 35.7 Å². The Balaban J connectivity index is 2.73. The number of benzene rings is 1. The second-order valence-corrected chi connectivity index (χ2v) is 4.92. The van der Waals surface area contributed by atoms with Crippen LogP contribution >= 0.6 is 15.9 Å². The van der Waals surface area contributed by atoms with Gasteiger partial charge >= 0.3 is 6.18 Å². The van der Waals surface area contributed by atoms with Gasteiger partial charge in [-0.1, -0.05) is 22.9 Å². The lowest BCUT2D eigenvalue weighted by Gasteiger charge is -2.16. The zero-order chi connectivity index (χ0) is 14.5. The van der Waals surface area contributed by atoms with Crippen molar-refractivity contribution in [2.24, 2.45) is 0 Å². The van der Waals surface area contributed by atoms with Crippen molar-refractivity contribution in [1.29, 1.82) is 0 Å². The first-order valence-electron chi connectivity index (χ1n) is 5.92. The number of halogens is 4. The zero-order valence-corrected chi connectivity index (χ0v) is 12.0. The summed E-state index contributed by atoms with van der Waals surface area (Å²) in [4.78, 5) is 11.8. The largest absolute Gasteiger partial charge is 0.416 e. The molecule has 0 heterocycles. The minimum Gasteiger partial charge on any atom is -0.349 e. The Kier molecular flexibility index (Phi) is 5.85. The molecule has 0 aromatic heterocycles. The van der Waals surface area contributed by atoms with E-state index in [4.69, 9.17) is 0 Å². The van der Waals surface area contributed by atoms with Gasteiger partial charge < -0.3 is 5.32 Å². The van der Waals surface area contributed by atoms with Crippen LogP contribution in [0.3, 0.4) is 0 Å². The Bertz CT molecular complexity index is 417. The SMILES string of the molecule is CCC(CCBr)NC(=O)c1ccc(C(F)(F)F)cc1. The standard InChI is InChI=1S/C13H15BrF3NO/c1-2-11(7-8-14)18-12(19)9-3-5-10(6-4-9)13(15,16)17/h3-6,11H,2,7-8H2,1H3,(H,18,19). The predicted octanol–water partition coefficient (Wildman–Crippen LogP) is 4.00. The van der Waals surface area contributed by atoms with Crippen LogP contribution in [0, 0.1) is 0 Å². The lowest BCUT2D eigenvalue weighted by atomic mass is 10.1. The topological polar surface area (TPSA) is 29.1 Å². The highest BCUT2D eigenvalue weighted by molar-refractivity contribution is 9.09. The van der Waals surface area contributed by atoms with E-state index in [0.29, 0.717) is 0 Å². The number of hydrogen-bond donors (Lipinski definition) is 1. The Morgan fingerprint density at radius 1 is 1.32 bits per heavy atom. The van der Waals surface area contributed by atoms with Crippen molar-refractivity contribution in [3.05, 3.63) is 35.4 Å². The Labute approximate surface area is 118 Å². The van der Waals surface area contributed by atoms with Gasteiger partial charge in [-0.05, 0) is 37.1 Å². The monoisotopic (exact) mass is 337 g/mol. The third-order valence-corrected chi connectivity index (χ3v) is 3.22. The van der Waals surface area contributed by atoms with Gasteiger partial charge in [0.05, 0.1) is 5.56 Å². The summed E-state index contributed by atoms with van der Waals surface area (Å²) >= 11 is 3.29. The van der Waals surface area contributed by atoms with Gasteiger partial charge in [0, 0.05) is 16.9 Å². The molecule has 0 saturated carbocycles. The van der Waals surface area contributed by atoms with Gasteiger partial charge in [0.2, 0.25) is 0 Å². The van der Waals surface area contributed by atoms with E-state index in [1.807, 2.05) is 6.92 Å². The van der Waals surface area contributed by atoms with Gasteiger partial charge in [-0.3, -0.25) is 4.79 Å². The molecule has 0 aliphatic rings. The first kappa shape index (κ1) is 16.0. The van der Waals surface area contributed by atoms with Crippen molar-refractivity contribution in [2.45, 2.75) is 32.0 Å². The maximum atomic E-state index is 12.4. The van der Waals surface area contributed by atoms with Gasteiger partial charge in [-0.15, -0.1) is 0 Å². The molecule has 0 radical (unpaired) electrons. The molecule has 19 heavy (non-hydrogen) atoms. The first-order valence-corrected chi connectivity index (χ1v) is 7.04. The van der Waals surface area contributed by atoms with Gasteiger partial charge in [0.15, 0.2) is 0 Å². The lowest BCUT2D eigenvalue weighted by Crippen LogP contribution is -2.34. The van der Waals surface area contributed by atoms with E-state index in [1.165, 1.54) is 12.1 Å². The summed E-state index contributed by atoms with van der Waals surface area (Å²) < 4.78 is 37.1. The van der Waals surface area contributed by atoms with E-state index >= 15 is 0 Å². The molecule has 1 amide bonds. The van der Waals surface area contributed by atoms with Crippen molar-refractivity contribution in [3.8, 4) is 0 Å². The second-order valence-electron chi connectivity index (χ2n) is 4.13. The second kappa shape index (κ2) is 6.93. The molecule has 1 unspecified atom stereocenters. The molecule has 0 aliphatic carbocycles. The van der Waals surface area contributed by atoms with Gasteiger partial charge in [0.25, 0.3) is 5.91 Å². The Morgan fingerprint density at radius 3 is 2.32 bits per heavy atom. The lowest BCUT2D eigenvalue weighted by molar-refractivity contribution is -0.137. The molecule has 0 spiro atoms. The molecule has 1 aromatic rings. The van der Waals surface area contributed by atoms with Crippen LogP contribution in [-0.2, 0) is 6.18 Å². The molecule has 1 N–H and O–H groups in total. The summed E-state index contributed by atoms with van der Waals surface area (Å²) in [6, 6.07) is 4.24. The molecular weight excluding hydrogens is 323 g/mol. The van der Waals surface area contributed by atoms with Crippen LogP contribution in [-0.4, -0.2) is 17.3 Å². The van der Waals surface area contributed by atoms with Crippen LogP contribution in [0.15, 0.2) is 24.3 Å². The summed E-state index contributed by atoms with van der Waals surface area (Å²) in [6.07, 6.45) is -2.82. The van der Waals surface area contributed by atoms with Crippen LogP contribution < -0.4 is 5.32 Å². The third-order valence-electron chi connectivity index (χ3n) is 2.76. The van der Waals surface area contributed by atoms with Crippen molar-refractivity contribution < 1.29 is 18.0 Å². The molecule has 1 atom stereocenters. The van der Waals surface area contributed by atoms with Crippen molar-refractivity contribution in [2.75, 3.05) is 5.33 Å². The van der Waals surface area contributed by atoms with Crippen molar-refractivity contribution >= 4 is 21.8 Å². The number of hydrogen-bond acceptors (Lipinski definition) is 1. The predicted molar refractivity (Wildman–Crippen MR) is 71.4 cm³/mol. The smallest absolute Gasteiger partial charge is 0.349 e. The normalized spacial score (nSPS) is 13.1. The summed E-state index contributed by atoms with van der Waals surface area (Å²) in [5, 5.41) is 3.55. The summed E-state index contributed by atoms with van der Waals surface area (Å²) in [6.45, 7) is 1.94. The van der Waals surface area contributed by atoms with Gasteiger partial charge in [-0.25, -0.2) is 0 Å². The average Bonchev–Trinajstić information content (AvgIpc) is 2.37. The van der Waals surface area contributed by atoms with Crippen LogP contribution in [0.4, 0.5) is 13.2 Å². The number of alkyl halides is 4. The van der Waals surface area contributed by atoms with Gasteiger partial charge in [0.1, 0.15) is 0 Å². The quantitative estimate of drug-likeness (QED) is 0.808. The summed E-state index contributed by atoms with van der Waals surface area (Å²) in [5.74, 6) is -0.346. The molecule has 0 bridgehead atoms. The highest BCUT2D eigenvalue weighted by Gasteiger charge is 2.30. The first-order chi connectivity index (χ1) is 8.88. The fourth-order valence-electron chi connectivity index (χ4n) is 1.59. The maximum absolute atomic E-state index is 12.4. The number of carbonyl (C=O) groups excluding carboxylic acids is 1. The molecule has 106 valence electrons.